The molecule has 0 saturated heterocycles. The maximum Gasteiger partial charge on any atom is 0.0701 e. The molecule has 3 heteroatoms. The van der Waals surface area contributed by atoms with Gasteiger partial charge in [-0.3, -0.25) is 0 Å². The summed E-state index contributed by atoms with van der Waals surface area (Å²) in [4.78, 5) is 1.42. The van der Waals surface area contributed by atoms with Gasteiger partial charge in [0.2, 0.25) is 0 Å². The first-order valence-electron chi connectivity index (χ1n) is 6.72. The largest absolute Gasteiger partial charge is 0.309 e. The summed E-state index contributed by atoms with van der Waals surface area (Å²) in [6, 6.07) is 4.82. The van der Waals surface area contributed by atoms with Crippen molar-refractivity contribution in [1.29, 1.82) is 0 Å². The average molecular weight is 318 g/mol. The zero-order chi connectivity index (χ0) is 12.5. The van der Waals surface area contributed by atoms with Crippen molar-refractivity contribution in [1.82, 2.24) is 5.32 Å². The zero-order valence-electron chi connectivity index (χ0n) is 11.0. The van der Waals surface area contributed by atoms with E-state index in [2.05, 4.69) is 47.2 Å². The summed E-state index contributed by atoms with van der Waals surface area (Å²) in [5.41, 5.74) is 0. The third kappa shape index (κ3) is 6.58. The Hall–Kier alpha value is 0.140. The Morgan fingerprint density at radius 2 is 1.88 bits per heavy atom. The van der Waals surface area contributed by atoms with Crippen molar-refractivity contribution in [2.24, 2.45) is 0 Å². The summed E-state index contributed by atoms with van der Waals surface area (Å²) in [6.45, 7) is 5.65. The lowest BCUT2D eigenvalue weighted by Crippen LogP contribution is -2.18. The Kier molecular flexibility index (Phi) is 8.15. The van der Waals surface area contributed by atoms with Gasteiger partial charge in [-0.25, -0.2) is 0 Å². The number of nitrogens with one attached hydrogen (secondary N) is 1. The summed E-state index contributed by atoms with van der Waals surface area (Å²) < 4.78 is 1.22. The first kappa shape index (κ1) is 15.2. The molecule has 98 valence electrons. The van der Waals surface area contributed by atoms with Crippen molar-refractivity contribution in [2.45, 2.75) is 58.4 Å². The van der Waals surface area contributed by atoms with Crippen molar-refractivity contribution in [3.05, 3.63) is 20.8 Å². The number of halogens is 1. The van der Waals surface area contributed by atoms with E-state index in [0.717, 1.165) is 6.54 Å². The van der Waals surface area contributed by atoms with Crippen LogP contribution in [-0.2, 0) is 0 Å². The van der Waals surface area contributed by atoms with Gasteiger partial charge < -0.3 is 5.32 Å². The molecule has 1 atom stereocenters. The Bertz CT molecular complexity index is 298. The molecule has 1 nitrogen and oxygen atoms in total. The van der Waals surface area contributed by atoms with Crippen molar-refractivity contribution in [3.63, 3.8) is 0 Å². The molecule has 0 aliphatic rings. The average Bonchev–Trinajstić information content (AvgIpc) is 2.74. The van der Waals surface area contributed by atoms with Gasteiger partial charge in [-0.15, -0.1) is 11.3 Å². The fourth-order valence-electron chi connectivity index (χ4n) is 1.89. The first-order valence-corrected chi connectivity index (χ1v) is 8.33. The molecule has 0 bridgehead atoms. The molecule has 0 amide bonds. The number of hydrogen-bond donors (Lipinski definition) is 1. The Morgan fingerprint density at radius 3 is 2.53 bits per heavy atom. The minimum atomic E-state index is 0.488. The molecule has 0 spiro atoms. The van der Waals surface area contributed by atoms with Crippen LogP contribution in [0.5, 0.6) is 0 Å². The second kappa shape index (κ2) is 9.12. The molecule has 0 saturated carbocycles. The maximum atomic E-state index is 3.59. The number of hydrogen-bond acceptors (Lipinski definition) is 2. The summed E-state index contributed by atoms with van der Waals surface area (Å²) in [7, 11) is 0. The fourth-order valence-corrected chi connectivity index (χ4v) is 3.34. The predicted molar refractivity (Wildman–Crippen MR) is 81.8 cm³/mol. The van der Waals surface area contributed by atoms with E-state index >= 15 is 0 Å². The van der Waals surface area contributed by atoms with Crippen LogP contribution in [0.4, 0.5) is 0 Å². The van der Waals surface area contributed by atoms with Crippen LogP contribution < -0.4 is 5.32 Å². The summed E-state index contributed by atoms with van der Waals surface area (Å²) in [5.74, 6) is 0. The third-order valence-corrected chi connectivity index (χ3v) is 4.81. The quantitative estimate of drug-likeness (QED) is 0.591. The molecule has 17 heavy (non-hydrogen) atoms. The van der Waals surface area contributed by atoms with Crippen LogP contribution in [0.3, 0.4) is 0 Å². The Balaban J connectivity index is 2.03. The highest BCUT2D eigenvalue weighted by atomic mass is 79.9. The van der Waals surface area contributed by atoms with Gasteiger partial charge >= 0.3 is 0 Å². The van der Waals surface area contributed by atoms with E-state index in [1.807, 2.05) is 11.3 Å². The smallest absolute Gasteiger partial charge is 0.0701 e. The van der Waals surface area contributed by atoms with Crippen LogP contribution in [0.1, 0.15) is 63.3 Å². The predicted octanol–water partition coefficient (Wildman–Crippen LogP) is 5.52. The van der Waals surface area contributed by atoms with E-state index in [-0.39, 0.29) is 0 Å². The number of thiophene rings is 1. The van der Waals surface area contributed by atoms with E-state index in [1.165, 1.54) is 47.2 Å². The standard InChI is InChI=1S/C14H24BrNS/c1-3-4-5-6-7-8-11-16-12(2)13-9-10-14(15)17-13/h9-10,12,16H,3-8,11H2,1-2H3. The van der Waals surface area contributed by atoms with E-state index in [1.54, 1.807) is 0 Å². The number of unbranched alkanes of at least 4 members (excludes halogenated alkanes) is 5. The molecule has 1 unspecified atom stereocenters. The highest BCUT2D eigenvalue weighted by Crippen LogP contribution is 2.26. The van der Waals surface area contributed by atoms with Gasteiger partial charge in [0.15, 0.2) is 0 Å². The van der Waals surface area contributed by atoms with Crippen molar-refractivity contribution in [3.8, 4) is 0 Å². The van der Waals surface area contributed by atoms with Gasteiger partial charge in [-0.2, -0.15) is 0 Å². The van der Waals surface area contributed by atoms with Crippen LogP contribution in [0.25, 0.3) is 0 Å². The van der Waals surface area contributed by atoms with Gasteiger partial charge in [0.25, 0.3) is 0 Å². The van der Waals surface area contributed by atoms with E-state index < -0.39 is 0 Å². The van der Waals surface area contributed by atoms with Crippen LogP contribution in [-0.4, -0.2) is 6.54 Å². The minimum Gasteiger partial charge on any atom is -0.309 e. The molecule has 1 aromatic rings. The van der Waals surface area contributed by atoms with Gasteiger partial charge in [-0.05, 0) is 48.0 Å². The molecule has 1 rings (SSSR count). The van der Waals surface area contributed by atoms with Crippen LogP contribution in [0, 0.1) is 0 Å². The minimum absolute atomic E-state index is 0.488. The molecule has 0 radical (unpaired) electrons. The third-order valence-electron chi connectivity index (χ3n) is 3.00. The Morgan fingerprint density at radius 1 is 1.18 bits per heavy atom. The van der Waals surface area contributed by atoms with Crippen molar-refractivity contribution in [2.75, 3.05) is 6.54 Å². The molecule has 0 aliphatic carbocycles. The molecule has 0 fully saturated rings. The summed E-state index contributed by atoms with van der Waals surface area (Å²) >= 11 is 5.33. The molecule has 1 N–H and O–H groups in total. The van der Waals surface area contributed by atoms with E-state index in [9.17, 15) is 0 Å². The highest BCUT2D eigenvalue weighted by Gasteiger charge is 2.06. The van der Waals surface area contributed by atoms with Gasteiger partial charge in [-0.1, -0.05) is 39.0 Å². The van der Waals surface area contributed by atoms with Crippen LogP contribution in [0.2, 0.25) is 0 Å². The molecular weight excluding hydrogens is 294 g/mol. The molecule has 0 aromatic carbocycles. The van der Waals surface area contributed by atoms with Gasteiger partial charge in [0.05, 0.1) is 3.79 Å². The lowest BCUT2D eigenvalue weighted by molar-refractivity contribution is 0.531. The zero-order valence-corrected chi connectivity index (χ0v) is 13.4. The molecular formula is C14H24BrNS. The van der Waals surface area contributed by atoms with Crippen LogP contribution in [0.15, 0.2) is 15.9 Å². The maximum absolute atomic E-state index is 3.59. The topological polar surface area (TPSA) is 12.0 Å². The second-order valence-electron chi connectivity index (χ2n) is 4.59. The second-order valence-corrected chi connectivity index (χ2v) is 7.08. The summed E-state index contributed by atoms with van der Waals surface area (Å²) in [5, 5.41) is 3.59. The van der Waals surface area contributed by atoms with Gasteiger partial charge in [0, 0.05) is 10.9 Å². The number of rotatable bonds is 9. The SMILES string of the molecule is CCCCCCCCNC(C)c1ccc(Br)s1. The van der Waals surface area contributed by atoms with Crippen LogP contribution >= 0.6 is 27.3 Å². The Labute approximate surface area is 118 Å². The summed E-state index contributed by atoms with van der Waals surface area (Å²) in [6.07, 6.45) is 8.21. The monoisotopic (exact) mass is 317 g/mol. The lowest BCUT2D eigenvalue weighted by Gasteiger charge is -2.11. The lowest BCUT2D eigenvalue weighted by atomic mass is 10.1. The van der Waals surface area contributed by atoms with Crippen molar-refractivity contribution >= 4 is 27.3 Å². The van der Waals surface area contributed by atoms with E-state index in [4.69, 9.17) is 0 Å². The fraction of sp³-hybridized carbons (Fsp3) is 0.714. The molecule has 1 heterocycles. The normalized spacial score (nSPS) is 12.9. The highest BCUT2D eigenvalue weighted by molar-refractivity contribution is 9.11. The molecule has 0 aliphatic heterocycles. The van der Waals surface area contributed by atoms with Crippen molar-refractivity contribution < 1.29 is 0 Å². The van der Waals surface area contributed by atoms with Gasteiger partial charge in [0.1, 0.15) is 0 Å². The van der Waals surface area contributed by atoms with E-state index in [0.29, 0.717) is 6.04 Å². The first-order chi connectivity index (χ1) is 8.24. The molecule has 1 aromatic heterocycles.